The van der Waals surface area contributed by atoms with Crippen molar-refractivity contribution >= 4 is 27.7 Å². The van der Waals surface area contributed by atoms with Crippen LogP contribution in [0.25, 0.3) is 44.2 Å². The molecule has 0 spiro atoms. The molecule has 2 N–H and O–H groups in total. The van der Waals surface area contributed by atoms with Gasteiger partial charge in [-0.3, -0.25) is 4.79 Å². The maximum Gasteiger partial charge on any atom is 0.335 e. The highest BCUT2D eigenvalue weighted by molar-refractivity contribution is 6.14. The first kappa shape index (κ1) is 17.0. The van der Waals surface area contributed by atoms with Crippen LogP contribution < -0.4 is 5.43 Å². The average molecular weight is 382 g/mol. The number of phenols is 1. The third-order valence-corrected chi connectivity index (χ3v) is 5.10. The van der Waals surface area contributed by atoms with Crippen molar-refractivity contribution in [2.24, 2.45) is 0 Å². The highest BCUT2D eigenvalue weighted by atomic mass is 16.4. The van der Waals surface area contributed by atoms with E-state index in [0.717, 1.165) is 16.5 Å². The fourth-order valence-corrected chi connectivity index (χ4v) is 3.76. The molecule has 0 bridgehead atoms. The lowest BCUT2D eigenvalue weighted by molar-refractivity contribution is 0.0697. The molecule has 0 radical (unpaired) electrons. The van der Waals surface area contributed by atoms with E-state index in [0.29, 0.717) is 27.7 Å². The fraction of sp³-hybridized carbons (Fsp3) is 0. The number of carboxylic acids is 1. The van der Waals surface area contributed by atoms with Gasteiger partial charge in [0.15, 0.2) is 5.43 Å². The van der Waals surface area contributed by atoms with Crippen LogP contribution in [-0.2, 0) is 0 Å². The van der Waals surface area contributed by atoms with Crippen LogP contribution in [0.2, 0.25) is 0 Å². The van der Waals surface area contributed by atoms with Crippen molar-refractivity contribution in [3.05, 3.63) is 88.6 Å². The number of aromatic carboxylic acids is 1. The maximum atomic E-state index is 11.9. The zero-order chi connectivity index (χ0) is 20.1. The summed E-state index contributed by atoms with van der Waals surface area (Å²) in [5.74, 6) is -0.460. The maximum absolute atomic E-state index is 11.9. The van der Waals surface area contributed by atoms with E-state index in [9.17, 15) is 19.8 Å². The quantitative estimate of drug-likeness (QED) is 0.327. The summed E-state index contributed by atoms with van der Waals surface area (Å²) in [6, 6.07) is 20.1. The lowest BCUT2D eigenvalue weighted by atomic mass is 9.91. The molecule has 3 aromatic rings. The Bertz CT molecular complexity index is 1440. The number of rotatable bonds is 2. The molecule has 5 rings (SSSR count). The zero-order valence-corrected chi connectivity index (χ0v) is 15.0. The van der Waals surface area contributed by atoms with Crippen molar-refractivity contribution in [2.75, 3.05) is 0 Å². The topological polar surface area (TPSA) is 87.7 Å². The van der Waals surface area contributed by atoms with Crippen LogP contribution in [0.5, 0.6) is 5.75 Å². The molecule has 0 fully saturated rings. The third kappa shape index (κ3) is 2.63. The summed E-state index contributed by atoms with van der Waals surface area (Å²) < 4.78 is 6.11. The van der Waals surface area contributed by atoms with Crippen LogP contribution in [0.15, 0.2) is 82.0 Å². The summed E-state index contributed by atoms with van der Waals surface area (Å²) in [7, 11) is 0. The van der Waals surface area contributed by atoms with Gasteiger partial charge in [-0.05, 0) is 35.9 Å². The molecule has 0 atom stereocenters. The molecular formula is C24H14O5. The van der Waals surface area contributed by atoms with Crippen molar-refractivity contribution in [3.63, 3.8) is 0 Å². The van der Waals surface area contributed by atoms with Gasteiger partial charge in [0.2, 0.25) is 0 Å². The first-order chi connectivity index (χ1) is 14.0. The summed E-state index contributed by atoms with van der Waals surface area (Å²) in [5.41, 5.74) is 2.78. The molecule has 3 aromatic carbocycles. The molecular weight excluding hydrogens is 368 g/mol. The number of benzene rings is 4. The molecule has 0 saturated heterocycles. The SMILES string of the molecule is O=C(O)c1ccc(-c2c3ccc(=O)cc-3oc3c2cc(O)c2ccccc23)cc1. The van der Waals surface area contributed by atoms with Gasteiger partial charge in [-0.1, -0.05) is 36.4 Å². The summed E-state index contributed by atoms with van der Waals surface area (Å²) in [4.78, 5) is 23.2. The van der Waals surface area contributed by atoms with Crippen molar-refractivity contribution < 1.29 is 19.4 Å². The van der Waals surface area contributed by atoms with Gasteiger partial charge >= 0.3 is 5.97 Å². The first-order valence-electron chi connectivity index (χ1n) is 8.98. The molecule has 0 saturated carbocycles. The summed E-state index contributed by atoms with van der Waals surface area (Å²) >= 11 is 0. The minimum absolute atomic E-state index is 0.117. The van der Waals surface area contributed by atoms with E-state index in [4.69, 9.17) is 4.42 Å². The van der Waals surface area contributed by atoms with Crippen LogP contribution in [0, 0.1) is 0 Å². The minimum atomic E-state index is -1.01. The van der Waals surface area contributed by atoms with Gasteiger partial charge in [-0.2, -0.15) is 0 Å². The Kier molecular flexibility index (Phi) is 3.64. The number of hydrogen-bond acceptors (Lipinski definition) is 4. The molecule has 0 unspecified atom stereocenters. The Balaban J connectivity index is 1.97. The summed E-state index contributed by atoms with van der Waals surface area (Å²) in [6.07, 6.45) is 0. The predicted octanol–water partition coefficient (Wildman–Crippen LogP) is 5.12. The van der Waals surface area contributed by atoms with Crippen molar-refractivity contribution in [1.82, 2.24) is 0 Å². The van der Waals surface area contributed by atoms with Crippen LogP contribution in [0.3, 0.4) is 0 Å². The van der Waals surface area contributed by atoms with E-state index in [-0.39, 0.29) is 16.7 Å². The summed E-state index contributed by atoms with van der Waals surface area (Å²) in [6.45, 7) is 0. The number of fused-ring (bicyclic) bond motifs is 4. The molecule has 0 amide bonds. The van der Waals surface area contributed by atoms with Gasteiger partial charge in [-0.25, -0.2) is 4.79 Å². The van der Waals surface area contributed by atoms with Crippen molar-refractivity contribution in [1.29, 1.82) is 0 Å². The van der Waals surface area contributed by atoms with Gasteiger partial charge in [0.1, 0.15) is 17.1 Å². The molecule has 2 aliphatic rings. The van der Waals surface area contributed by atoms with E-state index in [1.807, 2.05) is 18.2 Å². The summed E-state index contributed by atoms with van der Waals surface area (Å²) in [5, 5.41) is 21.8. The van der Waals surface area contributed by atoms with Crippen LogP contribution in [0.4, 0.5) is 0 Å². The van der Waals surface area contributed by atoms with E-state index in [2.05, 4.69) is 0 Å². The molecule has 1 heterocycles. The Labute approximate surface area is 164 Å². The number of phenolic OH excluding ortho intramolecular Hbond substituents is 1. The Hall–Kier alpha value is -4.12. The highest BCUT2D eigenvalue weighted by Gasteiger charge is 2.20. The van der Waals surface area contributed by atoms with E-state index >= 15 is 0 Å². The molecule has 5 nitrogen and oxygen atoms in total. The zero-order valence-electron chi connectivity index (χ0n) is 15.0. The molecule has 0 aromatic heterocycles. The highest BCUT2D eigenvalue weighted by Crippen LogP contribution is 2.44. The number of hydrogen-bond donors (Lipinski definition) is 2. The molecule has 29 heavy (non-hydrogen) atoms. The number of aromatic hydroxyl groups is 1. The van der Waals surface area contributed by atoms with Crippen LogP contribution in [0.1, 0.15) is 10.4 Å². The normalized spacial score (nSPS) is 11.3. The second-order valence-electron chi connectivity index (χ2n) is 6.84. The van der Waals surface area contributed by atoms with Crippen LogP contribution >= 0.6 is 0 Å². The lowest BCUT2D eigenvalue weighted by Gasteiger charge is -2.17. The van der Waals surface area contributed by atoms with Crippen molar-refractivity contribution in [2.45, 2.75) is 0 Å². The Morgan fingerprint density at radius 3 is 2.28 bits per heavy atom. The van der Waals surface area contributed by atoms with Gasteiger partial charge < -0.3 is 14.6 Å². The lowest BCUT2D eigenvalue weighted by Crippen LogP contribution is -2.00. The number of carbonyl (C=O) groups is 1. The second-order valence-corrected chi connectivity index (χ2v) is 6.84. The molecule has 5 heteroatoms. The van der Waals surface area contributed by atoms with E-state index in [1.165, 1.54) is 24.3 Å². The van der Waals surface area contributed by atoms with E-state index < -0.39 is 5.97 Å². The molecule has 1 aliphatic heterocycles. The predicted molar refractivity (Wildman–Crippen MR) is 111 cm³/mol. The minimum Gasteiger partial charge on any atom is -0.507 e. The fourth-order valence-electron chi connectivity index (χ4n) is 3.76. The molecule has 1 aliphatic carbocycles. The Morgan fingerprint density at radius 2 is 1.55 bits per heavy atom. The number of carboxylic acid groups (broad SMARTS) is 1. The van der Waals surface area contributed by atoms with Gasteiger partial charge in [0, 0.05) is 33.4 Å². The van der Waals surface area contributed by atoms with Gasteiger partial charge in [0.05, 0.1) is 5.56 Å². The smallest absolute Gasteiger partial charge is 0.335 e. The van der Waals surface area contributed by atoms with E-state index in [1.54, 1.807) is 30.3 Å². The Morgan fingerprint density at radius 1 is 0.828 bits per heavy atom. The van der Waals surface area contributed by atoms with Gasteiger partial charge in [-0.15, -0.1) is 0 Å². The first-order valence-corrected chi connectivity index (χ1v) is 8.98. The molecule has 140 valence electrons. The van der Waals surface area contributed by atoms with Gasteiger partial charge in [0.25, 0.3) is 0 Å². The van der Waals surface area contributed by atoms with Crippen LogP contribution in [-0.4, -0.2) is 16.2 Å². The standard InChI is InChI=1S/C24H14O5/c25-15-9-10-18-21(11-15)29-23-17-4-2-1-3-16(17)20(26)12-19(23)22(18)13-5-7-14(8-6-13)24(27)28/h1-12,26H,(H,27,28). The third-order valence-electron chi connectivity index (χ3n) is 5.10. The van der Waals surface area contributed by atoms with Crippen molar-refractivity contribution in [3.8, 4) is 28.2 Å². The largest absolute Gasteiger partial charge is 0.507 e. The monoisotopic (exact) mass is 382 g/mol. The second kappa shape index (κ2) is 6.21. The average Bonchev–Trinajstić information content (AvgIpc) is 2.73.